The van der Waals surface area contributed by atoms with Crippen molar-refractivity contribution < 1.29 is 14.8 Å². The van der Waals surface area contributed by atoms with Crippen molar-refractivity contribution in [2.24, 2.45) is 0 Å². The summed E-state index contributed by atoms with van der Waals surface area (Å²) in [6.45, 7) is 1.94. The van der Waals surface area contributed by atoms with Crippen LogP contribution < -0.4 is 0 Å². The predicted octanol–water partition coefficient (Wildman–Crippen LogP) is 1.45. The normalized spacial score (nSPS) is 12.4. The van der Waals surface area contributed by atoms with E-state index in [1.54, 1.807) is 19.1 Å². The fourth-order valence-electron chi connectivity index (χ4n) is 1.57. The summed E-state index contributed by atoms with van der Waals surface area (Å²) in [5.74, 6) is 0. The molecule has 1 aromatic carbocycles. The van der Waals surface area contributed by atoms with Gasteiger partial charge in [-0.25, -0.2) is 0 Å². The number of hydrogen-bond acceptors (Lipinski definition) is 4. The molecule has 88 valence electrons. The first-order valence-corrected chi connectivity index (χ1v) is 4.95. The fourth-order valence-corrected chi connectivity index (χ4v) is 1.57. The Morgan fingerprint density at radius 1 is 1.56 bits per heavy atom. The van der Waals surface area contributed by atoms with E-state index in [-0.39, 0.29) is 12.3 Å². The molecule has 0 spiro atoms. The molecular formula is C11H15NO4. The van der Waals surface area contributed by atoms with Gasteiger partial charge in [-0.2, -0.15) is 0 Å². The average molecular weight is 225 g/mol. The second-order valence-corrected chi connectivity index (χ2v) is 3.69. The molecule has 16 heavy (non-hydrogen) atoms. The van der Waals surface area contributed by atoms with E-state index >= 15 is 0 Å². The summed E-state index contributed by atoms with van der Waals surface area (Å²) in [7, 11) is 1.52. The molecule has 1 unspecified atom stereocenters. The molecule has 5 heteroatoms. The summed E-state index contributed by atoms with van der Waals surface area (Å²) in [6, 6.07) is 4.84. The molecule has 0 aliphatic carbocycles. The highest BCUT2D eigenvalue weighted by Crippen LogP contribution is 2.19. The van der Waals surface area contributed by atoms with E-state index in [9.17, 15) is 15.2 Å². The molecule has 1 atom stereocenters. The van der Waals surface area contributed by atoms with Crippen molar-refractivity contribution in [3.05, 3.63) is 39.4 Å². The highest BCUT2D eigenvalue weighted by molar-refractivity contribution is 5.41. The zero-order valence-electron chi connectivity index (χ0n) is 9.34. The van der Waals surface area contributed by atoms with Crippen molar-refractivity contribution in [1.29, 1.82) is 0 Å². The molecule has 1 N–H and O–H groups in total. The largest absolute Gasteiger partial charge is 0.390 e. The van der Waals surface area contributed by atoms with Crippen molar-refractivity contribution in [3.63, 3.8) is 0 Å². The average Bonchev–Trinajstić information content (AvgIpc) is 2.17. The number of nitro groups is 1. The first kappa shape index (κ1) is 12.6. The van der Waals surface area contributed by atoms with Crippen molar-refractivity contribution >= 4 is 5.69 Å². The lowest BCUT2D eigenvalue weighted by atomic mass is 10.0. The minimum atomic E-state index is -0.578. The minimum Gasteiger partial charge on any atom is -0.390 e. The maximum Gasteiger partial charge on any atom is 0.272 e. The number of aliphatic hydroxyl groups is 1. The van der Waals surface area contributed by atoms with Crippen LogP contribution in [0, 0.1) is 17.0 Å². The van der Waals surface area contributed by atoms with Crippen molar-refractivity contribution in [1.82, 2.24) is 0 Å². The lowest BCUT2D eigenvalue weighted by Crippen LogP contribution is -2.16. The Kier molecular flexibility index (Phi) is 4.39. The first-order valence-electron chi connectivity index (χ1n) is 4.95. The van der Waals surface area contributed by atoms with Gasteiger partial charge in [-0.3, -0.25) is 10.1 Å². The summed E-state index contributed by atoms with van der Waals surface area (Å²) in [5.41, 5.74) is 1.57. The molecule has 1 aromatic rings. The third-order valence-electron chi connectivity index (χ3n) is 2.29. The zero-order valence-corrected chi connectivity index (χ0v) is 9.34. The summed E-state index contributed by atoms with van der Waals surface area (Å²) in [4.78, 5) is 10.2. The van der Waals surface area contributed by atoms with Crippen LogP contribution in [-0.2, 0) is 11.2 Å². The van der Waals surface area contributed by atoms with E-state index in [4.69, 9.17) is 4.74 Å². The van der Waals surface area contributed by atoms with E-state index in [2.05, 4.69) is 0 Å². The van der Waals surface area contributed by atoms with Crippen molar-refractivity contribution in [3.8, 4) is 0 Å². The SMILES string of the molecule is COCC(O)Cc1ccc([N+](=O)[O-])c(C)c1. The van der Waals surface area contributed by atoms with Gasteiger partial charge in [-0.05, 0) is 18.6 Å². The molecule has 0 fully saturated rings. The van der Waals surface area contributed by atoms with Crippen LogP contribution >= 0.6 is 0 Å². The van der Waals surface area contributed by atoms with E-state index < -0.39 is 11.0 Å². The highest BCUT2D eigenvalue weighted by atomic mass is 16.6. The Morgan fingerprint density at radius 3 is 2.75 bits per heavy atom. The van der Waals surface area contributed by atoms with E-state index in [0.29, 0.717) is 12.0 Å². The predicted molar refractivity (Wildman–Crippen MR) is 59.4 cm³/mol. The third-order valence-corrected chi connectivity index (χ3v) is 2.29. The van der Waals surface area contributed by atoms with Gasteiger partial charge in [0.1, 0.15) is 0 Å². The van der Waals surface area contributed by atoms with Gasteiger partial charge in [0, 0.05) is 25.2 Å². The summed E-state index contributed by atoms with van der Waals surface area (Å²) in [5, 5.41) is 20.1. The number of hydrogen-bond donors (Lipinski definition) is 1. The van der Waals surface area contributed by atoms with Crippen molar-refractivity contribution in [2.45, 2.75) is 19.4 Å². The third kappa shape index (κ3) is 3.29. The topological polar surface area (TPSA) is 72.6 Å². The Bertz CT molecular complexity index is 378. The monoisotopic (exact) mass is 225 g/mol. The molecule has 0 heterocycles. The van der Waals surface area contributed by atoms with Crippen LogP contribution in [0.3, 0.4) is 0 Å². The van der Waals surface area contributed by atoms with Gasteiger partial charge in [0.25, 0.3) is 5.69 Å². The Labute approximate surface area is 93.8 Å². The summed E-state index contributed by atoms with van der Waals surface area (Å²) in [6.07, 6.45) is -0.141. The molecule has 0 aliphatic heterocycles. The summed E-state index contributed by atoms with van der Waals surface area (Å²) >= 11 is 0. The number of aliphatic hydroxyl groups excluding tert-OH is 1. The maximum atomic E-state index is 10.6. The second-order valence-electron chi connectivity index (χ2n) is 3.69. The molecule has 5 nitrogen and oxygen atoms in total. The summed E-state index contributed by atoms with van der Waals surface area (Å²) < 4.78 is 4.81. The number of nitrogens with zero attached hydrogens (tertiary/aromatic N) is 1. The quantitative estimate of drug-likeness (QED) is 0.608. The van der Waals surface area contributed by atoms with E-state index in [1.807, 2.05) is 0 Å². The molecule has 0 radical (unpaired) electrons. The van der Waals surface area contributed by atoms with Crippen LogP contribution in [0.5, 0.6) is 0 Å². The van der Waals surface area contributed by atoms with Crippen LogP contribution in [0.4, 0.5) is 5.69 Å². The number of nitro benzene ring substituents is 1. The lowest BCUT2D eigenvalue weighted by Gasteiger charge is -2.09. The van der Waals surface area contributed by atoms with Crippen LogP contribution in [0.1, 0.15) is 11.1 Å². The Balaban J connectivity index is 2.77. The number of methoxy groups -OCH3 is 1. The Morgan fingerprint density at radius 2 is 2.25 bits per heavy atom. The highest BCUT2D eigenvalue weighted by Gasteiger charge is 2.12. The zero-order chi connectivity index (χ0) is 12.1. The molecule has 0 saturated heterocycles. The van der Waals surface area contributed by atoms with Crippen molar-refractivity contribution in [2.75, 3.05) is 13.7 Å². The molecule has 0 aliphatic rings. The Hall–Kier alpha value is -1.46. The second kappa shape index (κ2) is 5.58. The first-order chi connectivity index (χ1) is 7.54. The molecule has 0 amide bonds. The van der Waals surface area contributed by atoms with Crippen LogP contribution in [0.15, 0.2) is 18.2 Å². The lowest BCUT2D eigenvalue weighted by molar-refractivity contribution is -0.385. The minimum absolute atomic E-state index is 0.102. The maximum absolute atomic E-state index is 10.6. The van der Waals surface area contributed by atoms with Gasteiger partial charge in [-0.1, -0.05) is 6.07 Å². The molecule has 0 saturated carbocycles. The van der Waals surface area contributed by atoms with E-state index in [1.165, 1.54) is 13.2 Å². The van der Waals surface area contributed by atoms with Gasteiger partial charge >= 0.3 is 0 Å². The van der Waals surface area contributed by atoms with Gasteiger partial charge in [0.2, 0.25) is 0 Å². The molecule has 0 aromatic heterocycles. The number of ether oxygens (including phenoxy) is 1. The number of aryl methyl sites for hydroxylation is 1. The standard InChI is InChI=1S/C11H15NO4/c1-8-5-9(6-10(13)7-16-2)3-4-11(8)12(14)15/h3-5,10,13H,6-7H2,1-2H3. The van der Waals surface area contributed by atoms with Crippen LogP contribution in [0.2, 0.25) is 0 Å². The van der Waals surface area contributed by atoms with Gasteiger partial charge in [0.15, 0.2) is 0 Å². The molecule has 0 bridgehead atoms. The molecule has 1 rings (SSSR count). The van der Waals surface area contributed by atoms with Gasteiger partial charge in [-0.15, -0.1) is 0 Å². The van der Waals surface area contributed by atoms with Gasteiger partial charge < -0.3 is 9.84 Å². The fraction of sp³-hybridized carbons (Fsp3) is 0.455. The van der Waals surface area contributed by atoms with Gasteiger partial charge in [0.05, 0.1) is 17.6 Å². The number of rotatable bonds is 5. The van der Waals surface area contributed by atoms with Crippen LogP contribution in [0.25, 0.3) is 0 Å². The molecular weight excluding hydrogens is 210 g/mol. The smallest absolute Gasteiger partial charge is 0.272 e. The number of benzene rings is 1. The van der Waals surface area contributed by atoms with E-state index in [0.717, 1.165) is 5.56 Å². The van der Waals surface area contributed by atoms with Crippen LogP contribution in [-0.4, -0.2) is 29.9 Å².